The molecule has 6 heteroatoms. The van der Waals surface area contributed by atoms with Gasteiger partial charge in [-0.15, -0.1) is 0 Å². The Bertz CT molecular complexity index is 2220. The second kappa shape index (κ2) is 11.2. The maximum atomic E-state index is 14.4. The molecule has 7 rings (SSSR count). The van der Waals surface area contributed by atoms with Crippen molar-refractivity contribution in [3.05, 3.63) is 157 Å². The number of nitrogens with one attached hydrogen (secondary N) is 1. The quantitative estimate of drug-likeness (QED) is 0.213. The van der Waals surface area contributed by atoms with Crippen LogP contribution in [0, 0.1) is 0 Å². The fraction of sp³-hybridized carbons (Fsp3) is 0.132. The summed E-state index contributed by atoms with van der Waals surface area (Å²) in [7, 11) is 0. The van der Waals surface area contributed by atoms with Gasteiger partial charge in [0, 0.05) is 5.69 Å². The number of hydrogen-bond donors (Lipinski definition) is 1. The van der Waals surface area contributed by atoms with E-state index in [1.165, 1.54) is 16.9 Å². The molecule has 1 amide bonds. The van der Waals surface area contributed by atoms with Crippen molar-refractivity contribution in [2.75, 3.05) is 5.32 Å². The number of aromatic nitrogens is 1. The molecule has 5 nitrogen and oxygen atoms in total. The highest BCUT2D eigenvalue weighted by Gasteiger charge is 2.32. The second-order valence-corrected chi connectivity index (χ2v) is 12.5. The van der Waals surface area contributed by atoms with Crippen molar-refractivity contribution in [1.82, 2.24) is 4.57 Å². The van der Waals surface area contributed by atoms with Crippen molar-refractivity contribution in [3.8, 4) is 0 Å². The number of rotatable bonds is 5. The Morgan fingerprint density at radius 1 is 0.864 bits per heavy atom. The zero-order chi connectivity index (χ0) is 30.4. The lowest BCUT2D eigenvalue weighted by molar-refractivity contribution is -0.113. The molecule has 1 aliphatic heterocycles. The van der Waals surface area contributed by atoms with Gasteiger partial charge >= 0.3 is 0 Å². The number of carbonyl (C=O) groups is 1. The van der Waals surface area contributed by atoms with Crippen molar-refractivity contribution < 1.29 is 4.79 Å². The Morgan fingerprint density at radius 2 is 1.48 bits per heavy atom. The number of benzene rings is 5. The molecule has 0 saturated carbocycles. The predicted molar refractivity (Wildman–Crippen MR) is 181 cm³/mol. The van der Waals surface area contributed by atoms with Crippen LogP contribution in [0.3, 0.4) is 0 Å². The normalized spacial score (nSPS) is 15.1. The first-order valence-electron chi connectivity index (χ1n) is 14.8. The van der Waals surface area contributed by atoms with E-state index in [0.717, 1.165) is 32.7 Å². The first kappa shape index (κ1) is 27.7. The first-order chi connectivity index (χ1) is 21.4. The molecule has 1 N–H and O–H groups in total. The Balaban J connectivity index is 1.44. The molecule has 0 unspecified atom stereocenters. The molecule has 44 heavy (non-hydrogen) atoms. The molecule has 0 radical (unpaired) electrons. The average molecular weight is 594 g/mol. The number of allylic oxidation sites excluding steroid dienone is 1. The van der Waals surface area contributed by atoms with E-state index >= 15 is 0 Å². The Hall–Kier alpha value is -5.07. The fourth-order valence-corrected chi connectivity index (χ4v) is 7.07. The number of carbonyl (C=O) groups excluding carboxylic acids is 1. The molecule has 6 aromatic rings. The summed E-state index contributed by atoms with van der Waals surface area (Å²) in [6.07, 6.45) is 2.00. The number of anilines is 1. The fourth-order valence-electron chi connectivity index (χ4n) is 6.05. The summed E-state index contributed by atoms with van der Waals surface area (Å²) in [6.45, 7) is 6.15. The summed E-state index contributed by atoms with van der Waals surface area (Å²) >= 11 is 1.36. The van der Waals surface area contributed by atoms with Crippen LogP contribution in [-0.4, -0.2) is 10.5 Å². The topological polar surface area (TPSA) is 63.5 Å². The maximum Gasteiger partial charge on any atom is 0.271 e. The molecule has 0 fully saturated rings. The van der Waals surface area contributed by atoms with Gasteiger partial charge in [-0.2, -0.15) is 0 Å². The van der Waals surface area contributed by atoms with Crippen LogP contribution in [0.2, 0.25) is 0 Å². The van der Waals surface area contributed by atoms with Crippen LogP contribution >= 0.6 is 11.3 Å². The molecule has 0 saturated heterocycles. The largest absolute Gasteiger partial charge is 0.322 e. The predicted octanol–water partition coefficient (Wildman–Crippen LogP) is 7.30. The van der Waals surface area contributed by atoms with Gasteiger partial charge in [-0.25, -0.2) is 4.99 Å². The maximum absolute atomic E-state index is 14.4. The van der Waals surface area contributed by atoms with Crippen LogP contribution in [0.5, 0.6) is 0 Å². The lowest BCUT2D eigenvalue weighted by atomic mass is 9.93. The van der Waals surface area contributed by atoms with E-state index in [9.17, 15) is 9.59 Å². The van der Waals surface area contributed by atoms with Crippen molar-refractivity contribution in [2.24, 2.45) is 4.99 Å². The second-order valence-electron chi connectivity index (χ2n) is 11.5. The van der Waals surface area contributed by atoms with Crippen LogP contribution in [0.1, 0.15) is 49.4 Å². The van der Waals surface area contributed by atoms with Gasteiger partial charge in [0.1, 0.15) is 0 Å². The zero-order valence-corrected chi connectivity index (χ0v) is 25.6. The van der Waals surface area contributed by atoms with E-state index in [2.05, 4.69) is 61.6 Å². The molecular weight excluding hydrogens is 563 g/mol. The molecule has 0 bridgehead atoms. The van der Waals surface area contributed by atoms with Gasteiger partial charge in [0.2, 0.25) is 0 Å². The molecule has 1 atom stereocenters. The van der Waals surface area contributed by atoms with Crippen LogP contribution in [0.25, 0.3) is 27.6 Å². The van der Waals surface area contributed by atoms with E-state index in [-0.39, 0.29) is 11.5 Å². The van der Waals surface area contributed by atoms with Gasteiger partial charge in [-0.3, -0.25) is 14.2 Å². The molecule has 1 aliphatic rings. The van der Waals surface area contributed by atoms with Crippen molar-refractivity contribution >= 4 is 50.6 Å². The molecule has 216 valence electrons. The van der Waals surface area contributed by atoms with E-state index in [1.807, 2.05) is 79.7 Å². The van der Waals surface area contributed by atoms with E-state index in [1.54, 1.807) is 4.57 Å². The third-order valence-corrected chi connectivity index (χ3v) is 9.29. The van der Waals surface area contributed by atoms with Crippen LogP contribution in [0.4, 0.5) is 5.69 Å². The minimum atomic E-state index is -0.623. The molecule has 0 spiro atoms. The monoisotopic (exact) mass is 593 g/mol. The number of para-hydroxylation sites is 1. The lowest BCUT2D eigenvalue weighted by Gasteiger charge is -2.25. The average Bonchev–Trinajstić information content (AvgIpc) is 3.34. The molecule has 1 aromatic heterocycles. The Labute approximate surface area is 259 Å². The minimum absolute atomic E-state index is 0.166. The highest BCUT2D eigenvalue weighted by molar-refractivity contribution is 7.07. The first-order valence-corrected chi connectivity index (χ1v) is 15.6. The van der Waals surface area contributed by atoms with Gasteiger partial charge in [-0.1, -0.05) is 116 Å². The highest BCUT2D eigenvalue weighted by Crippen LogP contribution is 2.32. The van der Waals surface area contributed by atoms with Crippen LogP contribution < -0.4 is 20.2 Å². The number of fused-ring (bicyclic) bond motifs is 3. The summed E-state index contributed by atoms with van der Waals surface area (Å²) in [5, 5.41) is 7.42. The zero-order valence-electron chi connectivity index (χ0n) is 24.7. The molecule has 5 aromatic carbocycles. The number of amides is 1. The summed E-state index contributed by atoms with van der Waals surface area (Å²) in [4.78, 5) is 33.7. The van der Waals surface area contributed by atoms with Gasteiger partial charge < -0.3 is 5.32 Å². The standard InChI is InChI=1S/C38H31N3O2S/c1-23(2)25-17-19-26(20-18-25)35-34(36(42)40-29-13-5-4-6-14-29)24(3)39-38-41(35)37(43)33(44-38)22-32-30-15-9-7-11-27(30)21-28-12-8-10-16-31(28)32/h4-23,35H,1-3H3,(H,40,42)/b33-22-/t35-/m1/s1. The smallest absolute Gasteiger partial charge is 0.271 e. The van der Waals surface area contributed by atoms with Crippen LogP contribution in [0.15, 0.2) is 130 Å². The van der Waals surface area contributed by atoms with Crippen molar-refractivity contribution in [2.45, 2.75) is 32.7 Å². The van der Waals surface area contributed by atoms with E-state index < -0.39 is 6.04 Å². The minimum Gasteiger partial charge on any atom is -0.322 e. The third-order valence-electron chi connectivity index (χ3n) is 8.31. The lowest BCUT2D eigenvalue weighted by Crippen LogP contribution is -2.40. The number of nitrogens with zero attached hydrogens (tertiary/aromatic N) is 2. The van der Waals surface area contributed by atoms with Gasteiger partial charge in [0.05, 0.1) is 21.8 Å². The van der Waals surface area contributed by atoms with Crippen LogP contribution in [-0.2, 0) is 4.79 Å². The molecule has 2 heterocycles. The SMILES string of the molecule is CC1=C(C(=O)Nc2ccccc2)[C@@H](c2ccc(C(C)C)cc2)n2c(s/c(=C\c3c4ccccc4cc4ccccc34)c2=O)=N1. The molecule has 0 aliphatic carbocycles. The van der Waals surface area contributed by atoms with E-state index in [4.69, 9.17) is 4.99 Å². The Morgan fingerprint density at radius 3 is 2.11 bits per heavy atom. The Kier molecular flexibility index (Phi) is 7.07. The molecular formula is C38H31N3O2S. The summed E-state index contributed by atoms with van der Waals surface area (Å²) < 4.78 is 2.27. The van der Waals surface area contributed by atoms with Crippen molar-refractivity contribution in [3.63, 3.8) is 0 Å². The van der Waals surface area contributed by atoms with Gasteiger partial charge in [0.25, 0.3) is 11.5 Å². The van der Waals surface area contributed by atoms with Crippen molar-refractivity contribution in [1.29, 1.82) is 0 Å². The highest BCUT2D eigenvalue weighted by atomic mass is 32.1. The summed E-state index contributed by atoms with van der Waals surface area (Å²) in [5.41, 5.74) is 4.64. The summed E-state index contributed by atoms with van der Waals surface area (Å²) in [5.74, 6) is 0.0874. The number of hydrogen-bond acceptors (Lipinski definition) is 4. The summed E-state index contributed by atoms with van der Waals surface area (Å²) in [6, 6.07) is 35.7. The number of thiazole rings is 1. The van der Waals surface area contributed by atoms with Gasteiger partial charge in [-0.05, 0) is 75.4 Å². The van der Waals surface area contributed by atoms with Gasteiger partial charge in [0.15, 0.2) is 4.80 Å². The van der Waals surface area contributed by atoms with E-state index in [0.29, 0.717) is 32.2 Å². The third kappa shape index (κ3) is 4.87.